The molecule has 0 aliphatic carbocycles. The van der Waals surface area contributed by atoms with Gasteiger partial charge in [0.25, 0.3) is 0 Å². The fraction of sp³-hybridized carbons (Fsp3) is 0.393. The number of nitrogen functional groups attached to an aromatic ring is 1. The summed E-state index contributed by atoms with van der Waals surface area (Å²) >= 11 is 0. The van der Waals surface area contributed by atoms with E-state index in [1.165, 1.54) is 13.3 Å². The molecule has 2 amide bonds. The van der Waals surface area contributed by atoms with Crippen LogP contribution in [0.4, 0.5) is 11.5 Å². The van der Waals surface area contributed by atoms with Crippen LogP contribution in [0.2, 0.25) is 0 Å². The molecule has 11 nitrogen and oxygen atoms in total. The van der Waals surface area contributed by atoms with Gasteiger partial charge in [-0.05, 0) is 51.0 Å². The fourth-order valence-electron chi connectivity index (χ4n) is 5.82. The lowest BCUT2D eigenvalue weighted by Gasteiger charge is -2.46. The molecule has 5 heterocycles. The molecule has 2 saturated heterocycles. The van der Waals surface area contributed by atoms with Gasteiger partial charge in [0.15, 0.2) is 5.82 Å². The summed E-state index contributed by atoms with van der Waals surface area (Å²) in [6, 6.07) is 12.1. The summed E-state index contributed by atoms with van der Waals surface area (Å²) in [6.07, 6.45) is 5.04. The second-order valence-electron chi connectivity index (χ2n) is 10.8. The third kappa shape index (κ3) is 4.32. The lowest BCUT2D eigenvalue weighted by molar-refractivity contribution is -0.141. The van der Waals surface area contributed by atoms with Gasteiger partial charge in [0.2, 0.25) is 11.8 Å². The minimum atomic E-state index is -0.491. The van der Waals surface area contributed by atoms with Crippen molar-refractivity contribution in [3.05, 3.63) is 48.9 Å². The van der Waals surface area contributed by atoms with Gasteiger partial charge in [0.05, 0.1) is 23.0 Å². The second kappa shape index (κ2) is 9.49. The number of benzene rings is 1. The van der Waals surface area contributed by atoms with E-state index in [4.69, 9.17) is 10.5 Å². The number of carbonyl (C=O) groups excluding carboxylic acids is 2. The largest absolute Gasteiger partial charge is 0.382 e. The highest BCUT2D eigenvalue weighted by molar-refractivity contribution is 5.99. The van der Waals surface area contributed by atoms with Gasteiger partial charge in [-0.3, -0.25) is 14.3 Å². The highest BCUT2D eigenvalue weighted by atomic mass is 16.5. The summed E-state index contributed by atoms with van der Waals surface area (Å²) in [4.78, 5) is 32.9. The predicted molar refractivity (Wildman–Crippen MR) is 147 cm³/mol. The van der Waals surface area contributed by atoms with Crippen molar-refractivity contribution in [3.8, 4) is 22.5 Å². The average molecular weight is 529 g/mol. The molecule has 39 heavy (non-hydrogen) atoms. The Hall–Kier alpha value is -4.25. The highest BCUT2D eigenvalue weighted by Crippen LogP contribution is 2.38. The van der Waals surface area contributed by atoms with Crippen LogP contribution in [0.25, 0.3) is 28.0 Å². The molecule has 2 aliphatic heterocycles. The molecule has 6 rings (SSSR count). The molecular formula is C28H32N8O3. The molecule has 0 atom stereocenters. The summed E-state index contributed by atoms with van der Waals surface area (Å²) in [5.74, 6) is 0.153. The van der Waals surface area contributed by atoms with Crippen molar-refractivity contribution in [1.82, 2.24) is 29.3 Å². The van der Waals surface area contributed by atoms with Crippen LogP contribution in [-0.4, -0.2) is 72.9 Å². The SMILES string of the molecule is CC(=O)N1CC(=O)N(c2cccc(-c3cc(-c4ccnn4C4CCOCC4)c4c(N)ncnn34)c2)CC1(C)C. The number of aromatic nitrogens is 5. The zero-order valence-electron chi connectivity index (χ0n) is 22.4. The Kier molecular flexibility index (Phi) is 6.10. The minimum absolute atomic E-state index is 0.0464. The van der Waals surface area contributed by atoms with Gasteiger partial charge in [-0.1, -0.05) is 12.1 Å². The van der Waals surface area contributed by atoms with Crippen molar-refractivity contribution < 1.29 is 14.3 Å². The molecule has 202 valence electrons. The molecule has 0 radical (unpaired) electrons. The molecule has 4 aromatic rings. The normalized spacial score (nSPS) is 18.2. The van der Waals surface area contributed by atoms with Gasteiger partial charge < -0.3 is 20.3 Å². The van der Waals surface area contributed by atoms with Crippen LogP contribution in [-0.2, 0) is 14.3 Å². The highest BCUT2D eigenvalue weighted by Gasteiger charge is 2.40. The number of fused-ring (bicyclic) bond motifs is 1. The molecule has 2 fully saturated rings. The molecule has 2 aliphatic rings. The van der Waals surface area contributed by atoms with Crippen LogP contribution in [0, 0.1) is 0 Å². The van der Waals surface area contributed by atoms with E-state index in [2.05, 4.69) is 25.9 Å². The molecule has 3 aromatic heterocycles. The Morgan fingerprint density at radius 2 is 1.90 bits per heavy atom. The second-order valence-corrected chi connectivity index (χ2v) is 10.8. The maximum atomic E-state index is 13.1. The zero-order valence-corrected chi connectivity index (χ0v) is 22.4. The summed E-state index contributed by atoms with van der Waals surface area (Å²) < 4.78 is 9.42. The third-order valence-electron chi connectivity index (χ3n) is 7.77. The first-order chi connectivity index (χ1) is 18.7. The van der Waals surface area contributed by atoms with E-state index in [-0.39, 0.29) is 24.4 Å². The predicted octanol–water partition coefficient (Wildman–Crippen LogP) is 3.17. The number of piperazine rings is 1. The Bertz CT molecular complexity index is 1570. The van der Waals surface area contributed by atoms with Gasteiger partial charge in [0.1, 0.15) is 18.4 Å². The Morgan fingerprint density at radius 3 is 2.67 bits per heavy atom. The average Bonchev–Trinajstić information content (AvgIpc) is 3.56. The fourth-order valence-corrected chi connectivity index (χ4v) is 5.82. The summed E-state index contributed by atoms with van der Waals surface area (Å²) in [5, 5.41) is 9.20. The van der Waals surface area contributed by atoms with E-state index in [1.54, 1.807) is 14.3 Å². The van der Waals surface area contributed by atoms with Crippen LogP contribution in [0.1, 0.15) is 39.7 Å². The smallest absolute Gasteiger partial charge is 0.246 e. The number of nitrogens with zero attached hydrogens (tertiary/aromatic N) is 7. The van der Waals surface area contributed by atoms with Crippen LogP contribution in [0.5, 0.6) is 0 Å². The zero-order chi connectivity index (χ0) is 27.3. The third-order valence-corrected chi connectivity index (χ3v) is 7.77. The van der Waals surface area contributed by atoms with Crippen LogP contribution < -0.4 is 10.6 Å². The summed E-state index contributed by atoms with van der Waals surface area (Å²) in [6.45, 7) is 7.32. The molecular weight excluding hydrogens is 496 g/mol. The van der Waals surface area contributed by atoms with Gasteiger partial charge in [-0.25, -0.2) is 9.50 Å². The van der Waals surface area contributed by atoms with E-state index in [1.807, 2.05) is 50.4 Å². The van der Waals surface area contributed by atoms with Crippen molar-refractivity contribution in [2.75, 3.05) is 36.9 Å². The number of hydrogen-bond acceptors (Lipinski definition) is 7. The van der Waals surface area contributed by atoms with Gasteiger partial charge >= 0.3 is 0 Å². The maximum Gasteiger partial charge on any atom is 0.246 e. The standard InChI is InChI=1S/C28H32N8O3/c1-18(37)34-15-25(38)33(16-28(34,2)3)21-6-4-5-19(13-21)24-14-22(26-27(29)30-17-32-36(24)26)23-7-10-31-35(23)20-8-11-39-12-9-20/h4-7,10,13-14,17,20H,8-9,11-12,15-16H2,1-3H3,(H2,29,30,32). The van der Waals surface area contributed by atoms with E-state index in [0.717, 1.165) is 41.0 Å². The molecule has 0 saturated carbocycles. The van der Waals surface area contributed by atoms with E-state index in [0.29, 0.717) is 31.1 Å². The summed E-state index contributed by atoms with van der Waals surface area (Å²) in [5.41, 5.74) is 10.9. The van der Waals surface area contributed by atoms with Crippen molar-refractivity contribution in [1.29, 1.82) is 0 Å². The monoisotopic (exact) mass is 528 g/mol. The van der Waals surface area contributed by atoms with Crippen molar-refractivity contribution in [2.45, 2.75) is 45.2 Å². The molecule has 0 spiro atoms. The number of carbonyl (C=O) groups is 2. The van der Waals surface area contributed by atoms with E-state index in [9.17, 15) is 9.59 Å². The van der Waals surface area contributed by atoms with Crippen molar-refractivity contribution in [2.24, 2.45) is 0 Å². The van der Waals surface area contributed by atoms with Gasteiger partial charge in [0, 0.05) is 49.7 Å². The molecule has 0 bridgehead atoms. The van der Waals surface area contributed by atoms with Crippen LogP contribution >= 0.6 is 0 Å². The first-order valence-corrected chi connectivity index (χ1v) is 13.2. The quantitative estimate of drug-likeness (QED) is 0.431. The maximum absolute atomic E-state index is 13.1. The topological polar surface area (TPSA) is 124 Å². The Morgan fingerprint density at radius 1 is 1.10 bits per heavy atom. The van der Waals surface area contributed by atoms with Crippen molar-refractivity contribution in [3.63, 3.8) is 0 Å². The van der Waals surface area contributed by atoms with Crippen LogP contribution in [0.3, 0.4) is 0 Å². The lowest BCUT2D eigenvalue weighted by atomic mass is 9.97. The molecule has 2 N–H and O–H groups in total. The first-order valence-electron chi connectivity index (χ1n) is 13.2. The van der Waals surface area contributed by atoms with Gasteiger partial charge in [-0.2, -0.15) is 10.2 Å². The minimum Gasteiger partial charge on any atom is -0.382 e. The number of hydrogen-bond donors (Lipinski definition) is 1. The number of rotatable bonds is 4. The molecule has 0 unspecified atom stereocenters. The number of amides is 2. The van der Waals surface area contributed by atoms with E-state index < -0.39 is 5.54 Å². The lowest BCUT2D eigenvalue weighted by Crippen LogP contribution is -2.63. The molecule has 1 aromatic carbocycles. The number of anilines is 2. The number of nitrogens with two attached hydrogens (primary N) is 1. The van der Waals surface area contributed by atoms with Crippen LogP contribution in [0.15, 0.2) is 48.9 Å². The first kappa shape index (κ1) is 25.1. The summed E-state index contributed by atoms with van der Waals surface area (Å²) in [7, 11) is 0. The number of ether oxygens (including phenoxy) is 1. The van der Waals surface area contributed by atoms with Gasteiger partial charge in [-0.15, -0.1) is 0 Å². The molecule has 11 heteroatoms. The Balaban J connectivity index is 1.43. The van der Waals surface area contributed by atoms with Crippen molar-refractivity contribution >= 4 is 28.8 Å². The Labute approximate surface area is 226 Å². The van der Waals surface area contributed by atoms with E-state index >= 15 is 0 Å².